The van der Waals surface area contributed by atoms with Crippen molar-refractivity contribution in [3.8, 4) is 0 Å². The standard InChI is InChI=1S/C12H22O2/c1-10(2)5-4-8-14-12(13)9-11-6-3-7-11/h10-11H,3-9H2,1-2H3. The van der Waals surface area contributed by atoms with E-state index in [0.29, 0.717) is 24.9 Å². The van der Waals surface area contributed by atoms with Gasteiger partial charge in [0.15, 0.2) is 0 Å². The Kier molecular flexibility index (Phi) is 4.99. The third-order valence-corrected chi connectivity index (χ3v) is 2.87. The molecule has 0 amide bonds. The van der Waals surface area contributed by atoms with E-state index in [1.807, 2.05) is 0 Å². The van der Waals surface area contributed by atoms with E-state index < -0.39 is 0 Å². The van der Waals surface area contributed by atoms with Gasteiger partial charge in [0.05, 0.1) is 6.61 Å². The Labute approximate surface area is 87.0 Å². The van der Waals surface area contributed by atoms with E-state index in [2.05, 4.69) is 13.8 Å². The smallest absolute Gasteiger partial charge is 0.306 e. The molecular weight excluding hydrogens is 176 g/mol. The first-order chi connectivity index (χ1) is 6.68. The number of esters is 1. The number of ether oxygens (including phenoxy) is 1. The van der Waals surface area contributed by atoms with Crippen LogP contribution in [-0.2, 0) is 9.53 Å². The zero-order chi connectivity index (χ0) is 10.4. The van der Waals surface area contributed by atoms with Crippen LogP contribution in [-0.4, -0.2) is 12.6 Å². The Balaban J connectivity index is 1.92. The van der Waals surface area contributed by atoms with Crippen molar-refractivity contribution in [3.63, 3.8) is 0 Å². The molecule has 2 heteroatoms. The second-order valence-corrected chi connectivity index (χ2v) is 4.76. The number of hydrogen-bond donors (Lipinski definition) is 0. The Bertz CT molecular complexity index is 171. The van der Waals surface area contributed by atoms with Gasteiger partial charge in [-0.1, -0.05) is 20.3 Å². The summed E-state index contributed by atoms with van der Waals surface area (Å²) in [5, 5.41) is 0. The molecule has 82 valence electrons. The zero-order valence-corrected chi connectivity index (χ0v) is 9.42. The molecule has 0 aromatic rings. The summed E-state index contributed by atoms with van der Waals surface area (Å²) in [6.07, 6.45) is 6.56. The summed E-state index contributed by atoms with van der Waals surface area (Å²) in [6.45, 7) is 5.00. The minimum atomic E-state index is 0.0125. The normalized spacial score (nSPS) is 16.8. The summed E-state index contributed by atoms with van der Waals surface area (Å²) in [6, 6.07) is 0. The molecule has 0 radical (unpaired) electrons. The molecule has 0 atom stereocenters. The largest absolute Gasteiger partial charge is 0.466 e. The molecule has 0 heterocycles. The highest BCUT2D eigenvalue weighted by Gasteiger charge is 2.21. The molecule has 2 nitrogen and oxygen atoms in total. The molecule has 0 spiro atoms. The molecule has 0 aromatic heterocycles. The van der Waals surface area contributed by atoms with Crippen molar-refractivity contribution >= 4 is 5.97 Å². The van der Waals surface area contributed by atoms with Gasteiger partial charge in [-0.05, 0) is 37.5 Å². The predicted molar refractivity (Wildman–Crippen MR) is 57.0 cm³/mol. The lowest BCUT2D eigenvalue weighted by atomic mass is 9.83. The number of rotatable bonds is 6. The van der Waals surface area contributed by atoms with Gasteiger partial charge in [0, 0.05) is 6.42 Å². The highest BCUT2D eigenvalue weighted by atomic mass is 16.5. The summed E-state index contributed by atoms with van der Waals surface area (Å²) in [4.78, 5) is 11.3. The fourth-order valence-corrected chi connectivity index (χ4v) is 1.67. The topological polar surface area (TPSA) is 26.3 Å². The molecule has 0 aliphatic heterocycles. The molecule has 1 saturated carbocycles. The van der Waals surface area contributed by atoms with Crippen LogP contribution in [0.4, 0.5) is 0 Å². The van der Waals surface area contributed by atoms with Crippen molar-refractivity contribution in [2.45, 2.75) is 52.4 Å². The summed E-state index contributed by atoms with van der Waals surface area (Å²) >= 11 is 0. The van der Waals surface area contributed by atoms with Crippen molar-refractivity contribution in [2.24, 2.45) is 11.8 Å². The third-order valence-electron chi connectivity index (χ3n) is 2.87. The van der Waals surface area contributed by atoms with Crippen molar-refractivity contribution in [1.29, 1.82) is 0 Å². The van der Waals surface area contributed by atoms with Gasteiger partial charge in [-0.3, -0.25) is 4.79 Å². The van der Waals surface area contributed by atoms with Crippen LogP contribution in [0.1, 0.15) is 52.4 Å². The average molecular weight is 198 g/mol. The van der Waals surface area contributed by atoms with Crippen LogP contribution in [0.3, 0.4) is 0 Å². The van der Waals surface area contributed by atoms with E-state index in [-0.39, 0.29) is 5.97 Å². The molecular formula is C12H22O2. The fourth-order valence-electron chi connectivity index (χ4n) is 1.67. The maximum absolute atomic E-state index is 11.3. The second kappa shape index (κ2) is 6.05. The molecule has 0 unspecified atom stereocenters. The van der Waals surface area contributed by atoms with Crippen LogP contribution in [0.15, 0.2) is 0 Å². The van der Waals surface area contributed by atoms with Gasteiger partial charge in [0.2, 0.25) is 0 Å². The minimum absolute atomic E-state index is 0.0125. The van der Waals surface area contributed by atoms with Gasteiger partial charge in [-0.25, -0.2) is 0 Å². The first-order valence-electron chi connectivity index (χ1n) is 5.84. The van der Waals surface area contributed by atoms with E-state index >= 15 is 0 Å². The SMILES string of the molecule is CC(C)CCCOC(=O)CC1CCC1. The summed E-state index contributed by atoms with van der Waals surface area (Å²) in [5.74, 6) is 1.35. The molecule has 1 aliphatic carbocycles. The van der Waals surface area contributed by atoms with Gasteiger partial charge in [0.25, 0.3) is 0 Å². The molecule has 1 aliphatic rings. The predicted octanol–water partition coefficient (Wildman–Crippen LogP) is 3.16. The third kappa shape index (κ3) is 4.64. The Morgan fingerprint density at radius 3 is 2.64 bits per heavy atom. The van der Waals surface area contributed by atoms with Gasteiger partial charge in [-0.15, -0.1) is 0 Å². The first kappa shape index (κ1) is 11.5. The Morgan fingerprint density at radius 2 is 2.14 bits per heavy atom. The van der Waals surface area contributed by atoms with Crippen LogP contribution in [0.2, 0.25) is 0 Å². The molecule has 14 heavy (non-hydrogen) atoms. The monoisotopic (exact) mass is 198 g/mol. The lowest BCUT2D eigenvalue weighted by Crippen LogP contribution is -2.18. The lowest BCUT2D eigenvalue weighted by Gasteiger charge is -2.23. The fraction of sp³-hybridized carbons (Fsp3) is 0.917. The van der Waals surface area contributed by atoms with Gasteiger partial charge in [0.1, 0.15) is 0 Å². The van der Waals surface area contributed by atoms with Crippen molar-refractivity contribution in [2.75, 3.05) is 6.61 Å². The lowest BCUT2D eigenvalue weighted by molar-refractivity contribution is -0.145. The van der Waals surface area contributed by atoms with Gasteiger partial charge in [-0.2, -0.15) is 0 Å². The van der Waals surface area contributed by atoms with Crippen LogP contribution in [0.5, 0.6) is 0 Å². The quantitative estimate of drug-likeness (QED) is 0.484. The van der Waals surface area contributed by atoms with E-state index in [9.17, 15) is 4.79 Å². The number of carbonyl (C=O) groups excluding carboxylic acids is 1. The maximum Gasteiger partial charge on any atom is 0.306 e. The highest BCUT2D eigenvalue weighted by molar-refractivity contribution is 5.69. The summed E-state index contributed by atoms with van der Waals surface area (Å²) in [5.41, 5.74) is 0. The summed E-state index contributed by atoms with van der Waals surface area (Å²) in [7, 11) is 0. The zero-order valence-electron chi connectivity index (χ0n) is 9.42. The van der Waals surface area contributed by atoms with Crippen LogP contribution in [0, 0.1) is 11.8 Å². The number of carbonyl (C=O) groups is 1. The molecule has 0 N–H and O–H groups in total. The summed E-state index contributed by atoms with van der Waals surface area (Å²) < 4.78 is 5.16. The minimum Gasteiger partial charge on any atom is -0.466 e. The van der Waals surface area contributed by atoms with E-state index in [4.69, 9.17) is 4.74 Å². The molecule has 0 bridgehead atoms. The number of hydrogen-bond acceptors (Lipinski definition) is 2. The van der Waals surface area contributed by atoms with Crippen LogP contribution < -0.4 is 0 Å². The molecule has 0 saturated heterocycles. The van der Waals surface area contributed by atoms with E-state index in [1.165, 1.54) is 19.3 Å². The van der Waals surface area contributed by atoms with Crippen molar-refractivity contribution < 1.29 is 9.53 Å². The highest BCUT2D eigenvalue weighted by Crippen LogP contribution is 2.29. The Morgan fingerprint density at radius 1 is 1.43 bits per heavy atom. The van der Waals surface area contributed by atoms with E-state index in [1.54, 1.807) is 0 Å². The molecule has 1 rings (SSSR count). The maximum atomic E-state index is 11.3. The first-order valence-corrected chi connectivity index (χ1v) is 5.84. The van der Waals surface area contributed by atoms with E-state index in [0.717, 1.165) is 12.8 Å². The van der Waals surface area contributed by atoms with Crippen LogP contribution in [0.25, 0.3) is 0 Å². The van der Waals surface area contributed by atoms with Crippen molar-refractivity contribution in [3.05, 3.63) is 0 Å². The molecule has 1 fully saturated rings. The van der Waals surface area contributed by atoms with Gasteiger partial charge >= 0.3 is 5.97 Å². The van der Waals surface area contributed by atoms with Gasteiger partial charge < -0.3 is 4.74 Å². The molecule has 0 aromatic carbocycles. The Hall–Kier alpha value is -0.530. The van der Waals surface area contributed by atoms with Crippen molar-refractivity contribution in [1.82, 2.24) is 0 Å². The van der Waals surface area contributed by atoms with Crippen LogP contribution >= 0.6 is 0 Å². The average Bonchev–Trinajstić information content (AvgIpc) is 2.05. The second-order valence-electron chi connectivity index (χ2n) is 4.76.